The maximum atomic E-state index is 12.4. The second-order valence-electron chi connectivity index (χ2n) is 6.90. The minimum atomic E-state index is 0.0834. The summed E-state index contributed by atoms with van der Waals surface area (Å²) in [5.41, 5.74) is 3.22. The van der Waals surface area contributed by atoms with Crippen molar-refractivity contribution in [2.24, 2.45) is 0 Å². The number of fused-ring (bicyclic) bond motifs is 3. The van der Waals surface area contributed by atoms with Gasteiger partial charge in [-0.3, -0.25) is 4.79 Å². The van der Waals surface area contributed by atoms with Crippen LogP contribution in [0.1, 0.15) is 31.9 Å². The van der Waals surface area contributed by atoms with Gasteiger partial charge in [-0.25, -0.2) is 0 Å². The van der Waals surface area contributed by atoms with E-state index in [0.717, 1.165) is 39.2 Å². The van der Waals surface area contributed by atoms with Crippen LogP contribution < -0.4 is 10.2 Å². The minimum absolute atomic E-state index is 0.0834. The predicted molar refractivity (Wildman–Crippen MR) is 109 cm³/mol. The normalized spacial score (nSPS) is 19.3. The van der Waals surface area contributed by atoms with Crippen LogP contribution in [-0.2, 0) is 4.79 Å². The number of nitrogens with zero attached hydrogens (tertiary/aromatic N) is 1. The van der Waals surface area contributed by atoms with Gasteiger partial charge in [0.25, 0.3) is 0 Å². The number of amides is 1. The van der Waals surface area contributed by atoms with Gasteiger partial charge in [0.1, 0.15) is 0 Å². The maximum absolute atomic E-state index is 12.4. The fourth-order valence-electron chi connectivity index (χ4n) is 3.97. The molecule has 1 aliphatic rings. The molecule has 4 rings (SSSR count). The molecular weight excluding hydrogens is 344 g/mol. The van der Waals surface area contributed by atoms with Gasteiger partial charge in [0, 0.05) is 29.1 Å². The molecule has 0 aliphatic carbocycles. The first-order chi connectivity index (χ1) is 12.5. The SMILES string of the molecule is CC(=O)N1c2c(ccc3ccccc23)[C@@H](Nc2ccc(Cl)cc2)C[C@H]1C. The summed E-state index contributed by atoms with van der Waals surface area (Å²) in [6.07, 6.45) is 0.855. The number of carbonyl (C=O) groups is 1. The first-order valence-corrected chi connectivity index (χ1v) is 9.26. The molecule has 2 atom stereocenters. The van der Waals surface area contributed by atoms with Crippen LogP contribution in [0.2, 0.25) is 5.02 Å². The van der Waals surface area contributed by atoms with Crippen molar-refractivity contribution in [3.8, 4) is 0 Å². The highest BCUT2D eigenvalue weighted by atomic mass is 35.5. The van der Waals surface area contributed by atoms with E-state index in [1.807, 2.05) is 41.3 Å². The highest BCUT2D eigenvalue weighted by Gasteiger charge is 2.33. The molecule has 3 aromatic carbocycles. The topological polar surface area (TPSA) is 32.3 Å². The molecule has 3 nitrogen and oxygen atoms in total. The molecule has 0 radical (unpaired) electrons. The van der Waals surface area contributed by atoms with Crippen molar-refractivity contribution in [1.29, 1.82) is 0 Å². The Balaban J connectivity index is 1.84. The molecule has 132 valence electrons. The smallest absolute Gasteiger partial charge is 0.224 e. The molecule has 0 aromatic heterocycles. The quantitative estimate of drug-likeness (QED) is 0.624. The third-order valence-corrected chi connectivity index (χ3v) is 5.34. The fourth-order valence-corrected chi connectivity index (χ4v) is 4.09. The first kappa shape index (κ1) is 16.9. The van der Waals surface area contributed by atoms with Crippen molar-refractivity contribution in [3.05, 3.63) is 71.2 Å². The maximum Gasteiger partial charge on any atom is 0.224 e. The zero-order valence-corrected chi connectivity index (χ0v) is 15.6. The Hall–Kier alpha value is -2.52. The predicted octanol–water partition coefficient (Wildman–Crippen LogP) is 5.79. The second-order valence-corrected chi connectivity index (χ2v) is 7.34. The zero-order valence-electron chi connectivity index (χ0n) is 14.9. The molecule has 0 saturated carbocycles. The van der Waals surface area contributed by atoms with E-state index in [4.69, 9.17) is 11.6 Å². The third-order valence-electron chi connectivity index (χ3n) is 5.09. The lowest BCUT2D eigenvalue weighted by molar-refractivity contribution is -0.117. The molecule has 0 bridgehead atoms. The summed E-state index contributed by atoms with van der Waals surface area (Å²) < 4.78 is 0. The van der Waals surface area contributed by atoms with Crippen molar-refractivity contribution < 1.29 is 4.79 Å². The molecule has 26 heavy (non-hydrogen) atoms. The Labute approximate surface area is 158 Å². The number of hydrogen-bond acceptors (Lipinski definition) is 2. The van der Waals surface area contributed by atoms with E-state index in [-0.39, 0.29) is 18.0 Å². The summed E-state index contributed by atoms with van der Waals surface area (Å²) >= 11 is 6.01. The number of nitrogens with one attached hydrogen (secondary N) is 1. The molecule has 1 aliphatic heterocycles. The van der Waals surface area contributed by atoms with Crippen LogP contribution in [-0.4, -0.2) is 11.9 Å². The molecule has 4 heteroatoms. The van der Waals surface area contributed by atoms with E-state index >= 15 is 0 Å². The van der Waals surface area contributed by atoms with Crippen molar-refractivity contribution >= 4 is 39.7 Å². The van der Waals surface area contributed by atoms with Crippen LogP contribution in [0.25, 0.3) is 10.8 Å². The van der Waals surface area contributed by atoms with Crippen LogP contribution in [0.4, 0.5) is 11.4 Å². The van der Waals surface area contributed by atoms with E-state index in [1.54, 1.807) is 6.92 Å². The molecule has 0 unspecified atom stereocenters. The van der Waals surface area contributed by atoms with Crippen LogP contribution in [0.3, 0.4) is 0 Å². The lowest BCUT2D eigenvalue weighted by atomic mass is 9.88. The molecule has 1 heterocycles. The third kappa shape index (κ3) is 2.93. The van der Waals surface area contributed by atoms with Crippen molar-refractivity contribution in [2.75, 3.05) is 10.2 Å². The number of rotatable bonds is 2. The van der Waals surface area contributed by atoms with Gasteiger partial charge in [-0.15, -0.1) is 0 Å². The lowest BCUT2D eigenvalue weighted by Gasteiger charge is -2.40. The summed E-state index contributed by atoms with van der Waals surface area (Å²) in [5, 5.41) is 6.62. The fraction of sp³-hybridized carbons (Fsp3) is 0.227. The summed E-state index contributed by atoms with van der Waals surface area (Å²) in [7, 11) is 0. The summed E-state index contributed by atoms with van der Waals surface area (Å²) in [6.45, 7) is 3.76. The summed E-state index contributed by atoms with van der Waals surface area (Å²) in [5.74, 6) is 0.0834. The molecule has 3 aromatic rings. The largest absolute Gasteiger partial charge is 0.378 e. The van der Waals surface area contributed by atoms with Gasteiger partial charge < -0.3 is 10.2 Å². The summed E-state index contributed by atoms with van der Waals surface area (Å²) in [4.78, 5) is 14.4. The number of anilines is 2. The minimum Gasteiger partial charge on any atom is -0.378 e. The van der Waals surface area contributed by atoms with E-state index in [0.29, 0.717) is 0 Å². The Kier molecular flexibility index (Phi) is 4.33. The average Bonchev–Trinajstić information content (AvgIpc) is 2.63. The number of halogens is 1. The average molecular weight is 365 g/mol. The lowest BCUT2D eigenvalue weighted by Crippen LogP contribution is -2.43. The van der Waals surface area contributed by atoms with Crippen LogP contribution in [0.5, 0.6) is 0 Å². The Bertz CT molecular complexity index is 968. The van der Waals surface area contributed by atoms with E-state index in [1.165, 1.54) is 0 Å². The van der Waals surface area contributed by atoms with Crippen LogP contribution in [0.15, 0.2) is 60.7 Å². The molecule has 0 saturated heterocycles. The first-order valence-electron chi connectivity index (χ1n) is 8.88. The molecular formula is C22H21ClN2O. The Morgan fingerprint density at radius 3 is 2.54 bits per heavy atom. The van der Waals surface area contributed by atoms with Crippen LogP contribution in [0, 0.1) is 0 Å². The van der Waals surface area contributed by atoms with Gasteiger partial charge in [0.05, 0.1) is 11.7 Å². The van der Waals surface area contributed by atoms with Gasteiger partial charge in [0.2, 0.25) is 5.91 Å². The van der Waals surface area contributed by atoms with Gasteiger partial charge in [0.15, 0.2) is 0 Å². The van der Waals surface area contributed by atoms with E-state index in [2.05, 4.69) is 36.5 Å². The van der Waals surface area contributed by atoms with Crippen molar-refractivity contribution in [1.82, 2.24) is 0 Å². The summed E-state index contributed by atoms with van der Waals surface area (Å²) in [6, 6.07) is 20.6. The van der Waals surface area contributed by atoms with E-state index < -0.39 is 0 Å². The van der Waals surface area contributed by atoms with Crippen molar-refractivity contribution in [3.63, 3.8) is 0 Å². The van der Waals surface area contributed by atoms with Gasteiger partial charge in [-0.05, 0) is 48.6 Å². The van der Waals surface area contributed by atoms with Gasteiger partial charge in [-0.1, -0.05) is 48.0 Å². The van der Waals surface area contributed by atoms with E-state index in [9.17, 15) is 4.79 Å². The molecule has 0 spiro atoms. The Morgan fingerprint density at radius 1 is 1.08 bits per heavy atom. The molecule has 0 fully saturated rings. The molecule has 1 amide bonds. The van der Waals surface area contributed by atoms with Crippen molar-refractivity contribution in [2.45, 2.75) is 32.4 Å². The molecule has 1 N–H and O–H groups in total. The zero-order chi connectivity index (χ0) is 18.3. The number of carbonyl (C=O) groups excluding carboxylic acids is 1. The number of hydrogen-bond donors (Lipinski definition) is 1. The Morgan fingerprint density at radius 2 is 1.81 bits per heavy atom. The highest BCUT2D eigenvalue weighted by Crippen LogP contribution is 2.43. The van der Waals surface area contributed by atoms with Gasteiger partial charge >= 0.3 is 0 Å². The second kappa shape index (κ2) is 6.65. The van der Waals surface area contributed by atoms with Gasteiger partial charge in [-0.2, -0.15) is 0 Å². The standard InChI is InChI=1S/C22H21ClN2O/c1-14-13-21(24-18-10-8-17(23)9-11-18)20-12-7-16-5-3-4-6-19(16)22(20)25(14)15(2)26/h3-12,14,21,24H,13H2,1-2H3/t14-,21+/m1/s1. The number of benzene rings is 3. The van der Waals surface area contributed by atoms with Crippen LogP contribution >= 0.6 is 11.6 Å². The monoisotopic (exact) mass is 364 g/mol. The highest BCUT2D eigenvalue weighted by molar-refractivity contribution is 6.30.